The third-order valence-electron chi connectivity index (χ3n) is 4.21. The standard InChI is InChI=1S/C23H44N2O9/c1-3-5-21(26)18-32-16-14-31-11-8-25-23(28)20-34-17-12-29-9-4-6-22(27)19-33-15-13-30-10-7-24-2/h24H,3-20H2,1-2H3,(H,25,28). The summed E-state index contributed by atoms with van der Waals surface area (Å²) in [6.07, 6.45) is 2.37. The van der Waals surface area contributed by atoms with Gasteiger partial charge in [0.15, 0.2) is 11.6 Å². The van der Waals surface area contributed by atoms with Crippen LogP contribution in [0, 0.1) is 0 Å². The predicted molar refractivity (Wildman–Crippen MR) is 126 cm³/mol. The van der Waals surface area contributed by atoms with Gasteiger partial charge in [-0.05, 0) is 19.9 Å². The van der Waals surface area contributed by atoms with E-state index in [2.05, 4.69) is 10.6 Å². The number of carbonyl (C=O) groups is 3. The van der Waals surface area contributed by atoms with Crippen LogP contribution in [0.15, 0.2) is 0 Å². The van der Waals surface area contributed by atoms with Gasteiger partial charge in [0.1, 0.15) is 19.8 Å². The number of likely N-dealkylation sites (N-methyl/N-ethyl adjacent to an activating group) is 1. The Hall–Kier alpha value is -1.47. The molecule has 0 saturated carbocycles. The third kappa shape index (κ3) is 25.2. The van der Waals surface area contributed by atoms with Crippen molar-refractivity contribution < 1.29 is 42.8 Å². The van der Waals surface area contributed by atoms with Gasteiger partial charge >= 0.3 is 0 Å². The van der Waals surface area contributed by atoms with Crippen molar-refractivity contribution in [1.29, 1.82) is 0 Å². The smallest absolute Gasteiger partial charge is 0.246 e. The zero-order chi connectivity index (χ0) is 25.1. The van der Waals surface area contributed by atoms with Crippen LogP contribution in [0.5, 0.6) is 0 Å². The molecule has 0 fully saturated rings. The Bertz CT molecular complexity index is 507. The summed E-state index contributed by atoms with van der Waals surface area (Å²) in [5.41, 5.74) is 0. The number of nitrogens with one attached hydrogen (secondary N) is 2. The van der Waals surface area contributed by atoms with E-state index in [1.807, 2.05) is 14.0 Å². The molecule has 0 unspecified atom stereocenters. The van der Waals surface area contributed by atoms with Crippen molar-refractivity contribution in [3.05, 3.63) is 0 Å². The molecule has 0 aromatic carbocycles. The molecule has 34 heavy (non-hydrogen) atoms. The van der Waals surface area contributed by atoms with Crippen molar-refractivity contribution in [2.24, 2.45) is 0 Å². The molecule has 0 bridgehead atoms. The van der Waals surface area contributed by atoms with E-state index in [1.165, 1.54) is 0 Å². The van der Waals surface area contributed by atoms with Gasteiger partial charge in [-0.1, -0.05) is 6.92 Å². The van der Waals surface area contributed by atoms with Gasteiger partial charge in [-0.15, -0.1) is 0 Å². The summed E-state index contributed by atoms with van der Waals surface area (Å²) in [7, 11) is 1.86. The maximum Gasteiger partial charge on any atom is 0.246 e. The molecule has 11 heteroatoms. The highest BCUT2D eigenvalue weighted by Gasteiger charge is 2.04. The quantitative estimate of drug-likeness (QED) is 0.153. The minimum atomic E-state index is -0.233. The summed E-state index contributed by atoms with van der Waals surface area (Å²) in [5.74, 6) is -0.109. The number of ketones is 2. The minimum absolute atomic E-state index is 0.0327. The second-order valence-electron chi connectivity index (χ2n) is 7.38. The van der Waals surface area contributed by atoms with Gasteiger partial charge in [0.2, 0.25) is 5.91 Å². The van der Waals surface area contributed by atoms with Crippen LogP contribution in [0.4, 0.5) is 0 Å². The second kappa shape index (κ2) is 26.1. The lowest BCUT2D eigenvalue weighted by molar-refractivity contribution is -0.127. The van der Waals surface area contributed by atoms with Crippen molar-refractivity contribution in [2.75, 3.05) is 99.4 Å². The fraction of sp³-hybridized carbons (Fsp3) is 0.870. The lowest BCUT2D eigenvalue weighted by atomic mass is 10.2. The molecule has 0 heterocycles. The summed E-state index contributed by atoms with van der Waals surface area (Å²) in [5, 5.41) is 5.66. The summed E-state index contributed by atoms with van der Waals surface area (Å²) < 4.78 is 31.7. The lowest BCUT2D eigenvalue weighted by Gasteiger charge is -2.08. The van der Waals surface area contributed by atoms with Crippen LogP contribution in [0.3, 0.4) is 0 Å². The molecule has 200 valence electrons. The minimum Gasteiger partial charge on any atom is -0.379 e. The molecular formula is C23H44N2O9. The highest BCUT2D eigenvalue weighted by Crippen LogP contribution is 1.94. The first kappa shape index (κ1) is 32.5. The Labute approximate surface area is 203 Å². The molecule has 0 spiro atoms. The topological polar surface area (TPSA) is 131 Å². The lowest BCUT2D eigenvalue weighted by Crippen LogP contribution is -2.31. The SMILES string of the molecule is CCCC(=O)COCCOCCNC(=O)COCCOCCCC(=O)COCCOCCNC. The third-order valence-corrected chi connectivity index (χ3v) is 4.21. The molecule has 0 rings (SSSR count). The van der Waals surface area contributed by atoms with E-state index in [-0.39, 0.29) is 37.3 Å². The fourth-order valence-corrected chi connectivity index (χ4v) is 2.48. The van der Waals surface area contributed by atoms with Gasteiger partial charge in [0.25, 0.3) is 0 Å². The maximum atomic E-state index is 11.7. The van der Waals surface area contributed by atoms with E-state index in [9.17, 15) is 14.4 Å². The Morgan fingerprint density at radius 1 is 0.588 bits per heavy atom. The molecule has 0 aromatic rings. The molecule has 0 aliphatic heterocycles. The Morgan fingerprint density at radius 3 is 1.68 bits per heavy atom. The number of Topliss-reactive ketones (excluding diaryl/α,β-unsaturated/α-hetero) is 2. The Balaban J connectivity index is 3.30. The highest BCUT2D eigenvalue weighted by molar-refractivity contribution is 5.79. The Kier molecular flexibility index (Phi) is 25.0. The normalized spacial score (nSPS) is 11.0. The highest BCUT2D eigenvalue weighted by atomic mass is 16.5. The largest absolute Gasteiger partial charge is 0.379 e. The van der Waals surface area contributed by atoms with Gasteiger partial charge < -0.3 is 39.1 Å². The van der Waals surface area contributed by atoms with E-state index in [0.29, 0.717) is 85.3 Å². The average Bonchev–Trinajstić information content (AvgIpc) is 2.82. The monoisotopic (exact) mass is 492 g/mol. The molecule has 2 N–H and O–H groups in total. The zero-order valence-corrected chi connectivity index (χ0v) is 20.9. The second-order valence-corrected chi connectivity index (χ2v) is 7.38. The zero-order valence-electron chi connectivity index (χ0n) is 20.9. The summed E-state index contributed by atoms with van der Waals surface area (Å²) in [6.45, 7) is 6.93. The van der Waals surface area contributed by atoms with Gasteiger partial charge in [-0.25, -0.2) is 0 Å². The summed E-state index contributed by atoms with van der Waals surface area (Å²) >= 11 is 0. The Morgan fingerprint density at radius 2 is 1.09 bits per heavy atom. The fourth-order valence-electron chi connectivity index (χ4n) is 2.48. The van der Waals surface area contributed by atoms with E-state index >= 15 is 0 Å². The molecule has 0 aliphatic carbocycles. The van der Waals surface area contributed by atoms with Crippen LogP contribution in [0.2, 0.25) is 0 Å². The molecule has 0 saturated heterocycles. The first-order valence-corrected chi connectivity index (χ1v) is 12.0. The number of carbonyl (C=O) groups excluding carboxylic acids is 3. The molecule has 0 aromatic heterocycles. The first-order valence-electron chi connectivity index (χ1n) is 12.0. The molecule has 0 radical (unpaired) electrons. The average molecular weight is 493 g/mol. The van der Waals surface area contributed by atoms with E-state index in [1.54, 1.807) is 0 Å². The van der Waals surface area contributed by atoms with Crippen LogP contribution in [-0.2, 0) is 42.8 Å². The van der Waals surface area contributed by atoms with Crippen LogP contribution in [0.25, 0.3) is 0 Å². The molecule has 1 amide bonds. The number of amides is 1. The molecule has 0 aliphatic rings. The molecular weight excluding hydrogens is 448 g/mol. The van der Waals surface area contributed by atoms with E-state index in [4.69, 9.17) is 28.4 Å². The van der Waals surface area contributed by atoms with Gasteiger partial charge in [-0.3, -0.25) is 14.4 Å². The number of hydrogen-bond donors (Lipinski definition) is 2. The number of hydrogen-bond acceptors (Lipinski definition) is 10. The predicted octanol–water partition coefficient (Wildman–Crippen LogP) is 0.140. The van der Waals surface area contributed by atoms with Crippen LogP contribution in [0.1, 0.15) is 32.6 Å². The summed E-state index contributed by atoms with van der Waals surface area (Å²) in [6, 6.07) is 0. The van der Waals surface area contributed by atoms with Gasteiger partial charge in [0.05, 0.1) is 52.9 Å². The van der Waals surface area contributed by atoms with Gasteiger partial charge in [-0.2, -0.15) is 0 Å². The number of ether oxygens (including phenoxy) is 6. The van der Waals surface area contributed by atoms with Crippen molar-refractivity contribution in [3.8, 4) is 0 Å². The van der Waals surface area contributed by atoms with Crippen molar-refractivity contribution in [3.63, 3.8) is 0 Å². The van der Waals surface area contributed by atoms with Crippen LogP contribution in [-0.4, -0.2) is 117 Å². The molecule has 0 atom stereocenters. The number of rotatable bonds is 27. The first-order chi connectivity index (χ1) is 16.6. The van der Waals surface area contributed by atoms with E-state index in [0.717, 1.165) is 13.0 Å². The van der Waals surface area contributed by atoms with Crippen LogP contribution >= 0.6 is 0 Å². The molecule has 11 nitrogen and oxygen atoms in total. The summed E-state index contributed by atoms with van der Waals surface area (Å²) in [4.78, 5) is 34.6. The van der Waals surface area contributed by atoms with Crippen molar-refractivity contribution in [1.82, 2.24) is 10.6 Å². The van der Waals surface area contributed by atoms with Crippen molar-refractivity contribution in [2.45, 2.75) is 32.6 Å². The maximum absolute atomic E-state index is 11.7. The van der Waals surface area contributed by atoms with Crippen LogP contribution < -0.4 is 10.6 Å². The van der Waals surface area contributed by atoms with E-state index < -0.39 is 0 Å². The van der Waals surface area contributed by atoms with Gasteiger partial charge in [0, 0.05) is 32.5 Å². The van der Waals surface area contributed by atoms with Crippen molar-refractivity contribution >= 4 is 17.5 Å².